The predicted molar refractivity (Wildman–Crippen MR) is 111 cm³/mol. The van der Waals surface area contributed by atoms with E-state index >= 15 is 0 Å². The topological polar surface area (TPSA) is 101 Å². The molecule has 0 aliphatic heterocycles. The summed E-state index contributed by atoms with van der Waals surface area (Å²) in [5.74, 6) is -0.515. The Morgan fingerprint density at radius 1 is 1.10 bits per heavy atom. The minimum Gasteiger partial charge on any atom is -0.469 e. The molecule has 0 saturated heterocycles. The number of aromatic nitrogens is 1. The number of nitrogens with zero attached hydrogens (tertiary/aromatic N) is 2. The fraction of sp³-hybridized carbons (Fsp3) is 0.273. The lowest BCUT2D eigenvalue weighted by molar-refractivity contribution is -0.383. The molecule has 0 amide bonds. The molecule has 30 heavy (non-hydrogen) atoms. The molecule has 8 nitrogen and oxygen atoms in total. The Morgan fingerprint density at radius 3 is 2.33 bits per heavy atom. The van der Waals surface area contributed by atoms with Crippen molar-refractivity contribution in [2.75, 3.05) is 7.11 Å². The molecule has 0 aliphatic carbocycles. The van der Waals surface area contributed by atoms with Gasteiger partial charge in [0.05, 0.1) is 24.1 Å². The standard InChI is InChI=1S/C22H22N2O6/c1-22(2,3)30-21(26)23-17(15-8-6-5-7-9-15)13-16-10-14(12-19(25)29-4)11-18(20(16)23)24(27)28/h5-11,13H,12H2,1-4H3. The molecular weight excluding hydrogens is 388 g/mol. The van der Waals surface area contributed by atoms with Gasteiger partial charge >= 0.3 is 12.1 Å². The number of hydrogen-bond donors (Lipinski definition) is 0. The number of benzene rings is 2. The van der Waals surface area contributed by atoms with Crippen LogP contribution < -0.4 is 0 Å². The average molecular weight is 410 g/mol. The molecule has 0 unspecified atom stereocenters. The number of ether oxygens (including phenoxy) is 2. The number of esters is 1. The zero-order valence-electron chi connectivity index (χ0n) is 17.2. The van der Waals surface area contributed by atoms with Gasteiger partial charge in [-0.1, -0.05) is 30.3 Å². The van der Waals surface area contributed by atoms with E-state index in [1.165, 1.54) is 17.7 Å². The maximum atomic E-state index is 13.1. The Balaban J connectivity index is 2.32. The Bertz CT molecular complexity index is 1130. The van der Waals surface area contributed by atoms with Crippen molar-refractivity contribution < 1.29 is 24.0 Å². The quantitative estimate of drug-likeness (QED) is 0.351. The first-order valence-electron chi connectivity index (χ1n) is 9.29. The minimum absolute atomic E-state index is 0.113. The van der Waals surface area contributed by atoms with Gasteiger partial charge in [0, 0.05) is 11.5 Å². The lowest BCUT2D eigenvalue weighted by Crippen LogP contribution is -2.27. The van der Waals surface area contributed by atoms with E-state index in [0.717, 1.165) is 0 Å². The number of methoxy groups -OCH3 is 1. The van der Waals surface area contributed by atoms with E-state index < -0.39 is 22.6 Å². The normalized spacial score (nSPS) is 11.3. The van der Waals surface area contributed by atoms with Crippen molar-refractivity contribution in [3.05, 3.63) is 64.2 Å². The second-order valence-corrected chi connectivity index (χ2v) is 7.77. The molecule has 0 atom stereocenters. The number of hydrogen-bond acceptors (Lipinski definition) is 6. The number of carbonyl (C=O) groups is 2. The highest BCUT2D eigenvalue weighted by atomic mass is 16.6. The van der Waals surface area contributed by atoms with E-state index in [2.05, 4.69) is 4.74 Å². The number of non-ortho nitro benzene ring substituents is 1. The third-order valence-corrected chi connectivity index (χ3v) is 4.35. The number of nitro benzene ring substituents is 1. The summed E-state index contributed by atoms with van der Waals surface area (Å²) < 4.78 is 11.4. The summed E-state index contributed by atoms with van der Waals surface area (Å²) in [4.78, 5) is 36.0. The third-order valence-electron chi connectivity index (χ3n) is 4.35. The van der Waals surface area contributed by atoms with Gasteiger partial charge in [-0.15, -0.1) is 0 Å². The van der Waals surface area contributed by atoms with Gasteiger partial charge in [0.1, 0.15) is 11.1 Å². The van der Waals surface area contributed by atoms with Crippen molar-refractivity contribution in [1.82, 2.24) is 4.57 Å². The summed E-state index contributed by atoms with van der Waals surface area (Å²) in [7, 11) is 1.25. The van der Waals surface area contributed by atoms with Crippen LogP contribution in [0.5, 0.6) is 0 Å². The molecule has 0 fully saturated rings. The lowest BCUT2D eigenvalue weighted by atomic mass is 10.1. The van der Waals surface area contributed by atoms with E-state index in [4.69, 9.17) is 4.74 Å². The molecule has 0 radical (unpaired) electrons. The van der Waals surface area contributed by atoms with E-state index in [0.29, 0.717) is 22.2 Å². The minimum atomic E-state index is -0.790. The SMILES string of the molecule is COC(=O)Cc1cc([N+](=O)[O-])c2c(c1)cc(-c1ccccc1)n2C(=O)OC(C)(C)C. The molecule has 3 aromatic rings. The molecule has 2 aromatic carbocycles. The van der Waals surface area contributed by atoms with E-state index in [1.807, 2.05) is 18.2 Å². The summed E-state index contributed by atoms with van der Waals surface area (Å²) in [5.41, 5.74) is 0.603. The van der Waals surface area contributed by atoms with Crippen LogP contribution in [0, 0.1) is 10.1 Å². The van der Waals surface area contributed by atoms with Gasteiger partial charge in [-0.25, -0.2) is 9.36 Å². The van der Waals surface area contributed by atoms with E-state index in [9.17, 15) is 19.7 Å². The summed E-state index contributed by atoms with van der Waals surface area (Å²) >= 11 is 0. The maximum Gasteiger partial charge on any atom is 0.419 e. The molecule has 8 heteroatoms. The number of nitro groups is 1. The first-order valence-corrected chi connectivity index (χ1v) is 9.29. The number of fused-ring (bicyclic) bond motifs is 1. The predicted octanol–water partition coefficient (Wildman–Crippen LogP) is 4.72. The van der Waals surface area contributed by atoms with Crippen LogP contribution in [0.1, 0.15) is 26.3 Å². The molecule has 3 rings (SSSR count). The summed E-state index contributed by atoms with van der Waals surface area (Å²) in [6.45, 7) is 5.17. The molecule has 0 spiro atoms. The van der Waals surface area contributed by atoms with Crippen LogP contribution >= 0.6 is 0 Å². The first-order chi connectivity index (χ1) is 14.1. The van der Waals surface area contributed by atoms with Crippen molar-refractivity contribution in [3.8, 4) is 11.3 Å². The molecule has 0 aliphatic rings. The number of rotatable bonds is 4. The first kappa shape index (κ1) is 21.0. The maximum absolute atomic E-state index is 13.1. The van der Waals surface area contributed by atoms with Crippen molar-refractivity contribution in [1.29, 1.82) is 0 Å². The zero-order chi connectivity index (χ0) is 22.1. The smallest absolute Gasteiger partial charge is 0.419 e. The van der Waals surface area contributed by atoms with Gasteiger partial charge in [-0.3, -0.25) is 14.9 Å². The molecule has 0 bridgehead atoms. The molecule has 0 N–H and O–H groups in total. The van der Waals surface area contributed by atoms with E-state index in [-0.39, 0.29) is 17.6 Å². The second-order valence-electron chi connectivity index (χ2n) is 7.77. The van der Waals surface area contributed by atoms with Crippen LogP contribution in [0.2, 0.25) is 0 Å². The van der Waals surface area contributed by atoms with Gasteiger partial charge in [-0.05, 0) is 44.0 Å². The van der Waals surface area contributed by atoms with E-state index in [1.54, 1.807) is 45.0 Å². The van der Waals surface area contributed by atoms with Crippen molar-refractivity contribution in [2.45, 2.75) is 32.8 Å². The molecule has 156 valence electrons. The number of carbonyl (C=O) groups excluding carboxylic acids is 2. The monoisotopic (exact) mass is 410 g/mol. The van der Waals surface area contributed by atoms with Crippen molar-refractivity contribution in [3.63, 3.8) is 0 Å². The van der Waals surface area contributed by atoms with Gasteiger partial charge < -0.3 is 9.47 Å². The lowest BCUT2D eigenvalue weighted by Gasteiger charge is -2.21. The fourth-order valence-corrected chi connectivity index (χ4v) is 3.19. The fourth-order valence-electron chi connectivity index (χ4n) is 3.19. The average Bonchev–Trinajstić information content (AvgIpc) is 3.06. The van der Waals surface area contributed by atoms with Crippen molar-refractivity contribution in [2.24, 2.45) is 0 Å². The summed E-state index contributed by atoms with van der Waals surface area (Å²) in [5, 5.41) is 12.3. The van der Waals surface area contributed by atoms with Crippen LogP contribution in [-0.4, -0.2) is 34.3 Å². The highest BCUT2D eigenvalue weighted by Crippen LogP contribution is 2.35. The molecule has 1 aromatic heterocycles. The largest absolute Gasteiger partial charge is 0.469 e. The van der Waals surface area contributed by atoms with Gasteiger partial charge in [0.2, 0.25) is 0 Å². The Labute approximate surface area is 173 Å². The summed E-state index contributed by atoms with van der Waals surface area (Å²) in [6, 6.07) is 13.7. The Kier molecular flexibility index (Phi) is 5.60. The van der Waals surface area contributed by atoms with Crippen molar-refractivity contribution >= 4 is 28.7 Å². The van der Waals surface area contributed by atoms with Crippen LogP contribution in [0.3, 0.4) is 0 Å². The highest BCUT2D eigenvalue weighted by molar-refractivity contribution is 6.01. The van der Waals surface area contributed by atoms with Gasteiger partial charge in [0.15, 0.2) is 0 Å². The molecule has 1 heterocycles. The molecule has 0 saturated carbocycles. The molecular formula is C22H22N2O6. The van der Waals surface area contributed by atoms with Gasteiger partial charge in [-0.2, -0.15) is 0 Å². The van der Waals surface area contributed by atoms with Crippen LogP contribution in [-0.2, 0) is 20.7 Å². The third kappa shape index (κ3) is 4.32. The summed E-state index contributed by atoms with van der Waals surface area (Å²) in [6.07, 6.45) is -0.842. The van der Waals surface area contributed by atoms with Gasteiger partial charge in [0.25, 0.3) is 5.69 Å². The van der Waals surface area contributed by atoms with Crippen LogP contribution in [0.15, 0.2) is 48.5 Å². The van der Waals surface area contributed by atoms with Crippen LogP contribution in [0.25, 0.3) is 22.2 Å². The highest BCUT2D eigenvalue weighted by Gasteiger charge is 2.28. The zero-order valence-corrected chi connectivity index (χ0v) is 17.2. The van der Waals surface area contributed by atoms with Crippen LogP contribution in [0.4, 0.5) is 10.5 Å². The Hall–Kier alpha value is -3.68. The Morgan fingerprint density at radius 2 is 1.77 bits per heavy atom. The second kappa shape index (κ2) is 7.98.